The Morgan fingerprint density at radius 3 is 2.29 bits per heavy atom. The normalized spacial score (nSPS) is 29.3. The Labute approximate surface area is 126 Å². The third kappa shape index (κ3) is 3.01. The molecule has 21 heavy (non-hydrogen) atoms. The van der Waals surface area contributed by atoms with E-state index >= 15 is 0 Å². The van der Waals surface area contributed by atoms with Crippen molar-refractivity contribution in [2.45, 2.75) is 33.1 Å². The molecule has 2 aliphatic rings. The summed E-state index contributed by atoms with van der Waals surface area (Å²) in [6, 6.07) is 5.72. The predicted octanol–water partition coefficient (Wildman–Crippen LogP) is 2.01. The molecule has 0 radical (unpaired) electrons. The van der Waals surface area contributed by atoms with Crippen LogP contribution in [0.1, 0.15) is 33.1 Å². The first-order valence-electron chi connectivity index (χ1n) is 7.06. The topological polar surface area (TPSA) is 73.3 Å². The number of fused-ring (bicyclic) bond motifs is 2. The molecule has 6 heteroatoms. The van der Waals surface area contributed by atoms with E-state index in [2.05, 4.69) is 23.0 Å². The van der Waals surface area contributed by atoms with Gasteiger partial charge in [0.25, 0.3) is 11.0 Å². The van der Waals surface area contributed by atoms with E-state index in [1.165, 1.54) is 0 Å². The first kappa shape index (κ1) is 16.1. The summed E-state index contributed by atoms with van der Waals surface area (Å²) in [5, 5.41) is 0. The van der Waals surface area contributed by atoms with Gasteiger partial charge in [-0.3, -0.25) is 14.0 Å². The molecule has 0 aliphatic heterocycles. The summed E-state index contributed by atoms with van der Waals surface area (Å²) in [4.78, 5) is 15.7. The van der Waals surface area contributed by atoms with Crippen LogP contribution in [0, 0.1) is 16.7 Å². The van der Waals surface area contributed by atoms with Crippen LogP contribution in [0.5, 0.6) is 0 Å². The minimum Gasteiger partial charge on any atom is -0.299 e. The van der Waals surface area contributed by atoms with E-state index in [4.69, 9.17) is 0 Å². The molecule has 2 unspecified atom stereocenters. The van der Waals surface area contributed by atoms with Crippen LogP contribution >= 0.6 is 0 Å². The van der Waals surface area contributed by atoms with Gasteiger partial charge in [-0.25, -0.2) is 8.42 Å². The minimum absolute atomic E-state index is 0.0358. The van der Waals surface area contributed by atoms with Gasteiger partial charge in [0, 0.05) is 18.8 Å². The van der Waals surface area contributed by atoms with Gasteiger partial charge in [-0.05, 0) is 36.3 Å². The number of Topliss-reactive ketones (excluding diaryl/α,β-unsaturated/α-hetero) is 1. The van der Waals surface area contributed by atoms with E-state index in [1.807, 2.05) is 18.2 Å². The maximum atomic E-state index is 11.9. The molecule has 2 atom stereocenters. The Kier molecular flexibility index (Phi) is 4.78. The molecule has 116 valence electrons. The molecule has 0 N–H and O–H groups in total. The second-order valence-corrected chi connectivity index (χ2v) is 6.89. The summed E-state index contributed by atoms with van der Waals surface area (Å²) in [5.41, 5.74) is -0.664. The fourth-order valence-corrected chi connectivity index (χ4v) is 3.91. The van der Waals surface area contributed by atoms with Crippen molar-refractivity contribution < 1.29 is 17.4 Å². The number of aromatic nitrogens is 1. The van der Waals surface area contributed by atoms with Crippen LogP contribution in [0.25, 0.3) is 0 Å². The largest absolute Gasteiger partial charge is 0.299 e. The monoisotopic (exact) mass is 311 g/mol. The quantitative estimate of drug-likeness (QED) is 0.864. The van der Waals surface area contributed by atoms with E-state index in [-0.39, 0.29) is 17.8 Å². The zero-order valence-corrected chi connectivity index (χ0v) is 13.2. The molecule has 2 saturated carbocycles. The fourth-order valence-electron chi connectivity index (χ4n) is 3.58. The molecule has 0 spiro atoms. The molecule has 2 fully saturated rings. The van der Waals surface area contributed by atoms with Gasteiger partial charge in [-0.15, -0.1) is 0 Å². The van der Waals surface area contributed by atoms with Gasteiger partial charge in [0.15, 0.2) is 0 Å². The van der Waals surface area contributed by atoms with Gasteiger partial charge in [0.1, 0.15) is 5.78 Å². The van der Waals surface area contributed by atoms with Crippen LogP contribution in [0.15, 0.2) is 30.6 Å². The highest BCUT2D eigenvalue weighted by Gasteiger charge is 2.64. The van der Waals surface area contributed by atoms with Crippen molar-refractivity contribution in [3.05, 3.63) is 30.6 Å². The smallest absolute Gasteiger partial charge is 0.257 e. The molecule has 0 amide bonds. The number of nitrogens with zero attached hydrogens (tertiary/aromatic N) is 1. The van der Waals surface area contributed by atoms with Crippen LogP contribution < -0.4 is 0 Å². The van der Waals surface area contributed by atoms with Gasteiger partial charge in [-0.2, -0.15) is 0 Å². The number of hydrogen-bond donors (Lipinski definition) is 1. The zero-order chi connectivity index (χ0) is 15.5. The van der Waals surface area contributed by atoms with Crippen LogP contribution in [0.3, 0.4) is 0 Å². The third-order valence-electron chi connectivity index (χ3n) is 5.12. The lowest BCUT2D eigenvalue weighted by molar-refractivity contribution is -0.131. The second kappa shape index (κ2) is 6.23. The summed E-state index contributed by atoms with van der Waals surface area (Å²) in [6.07, 6.45) is 5.87. The molecule has 5 nitrogen and oxygen atoms in total. The number of rotatable bonds is 3. The number of carbonyl (C=O) groups excluding carboxylic acids is 1. The van der Waals surface area contributed by atoms with E-state index in [0.29, 0.717) is 12.3 Å². The van der Waals surface area contributed by atoms with Gasteiger partial charge in [0.2, 0.25) is 0 Å². The molecule has 1 aromatic rings. The average molecular weight is 311 g/mol. The minimum atomic E-state index is -2.85. The van der Waals surface area contributed by atoms with Crippen molar-refractivity contribution in [2.24, 2.45) is 16.7 Å². The van der Waals surface area contributed by atoms with Crippen molar-refractivity contribution >= 4 is 16.8 Å². The number of thiol groups is 1. The lowest BCUT2D eigenvalue weighted by Crippen LogP contribution is -2.40. The molecule has 0 aromatic carbocycles. The molecule has 1 aromatic heterocycles. The number of carbonyl (C=O) groups is 1. The maximum Gasteiger partial charge on any atom is 0.257 e. The molecule has 2 bridgehead atoms. The number of hydrogen-bond acceptors (Lipinski definition) is 5. The molecule has 3 rings (SSSR count). The summed E-state index contributed by atoms with van der Waals surface area (Å²) in [7, 11) is -2.85. The van der Waals surface area contributed by atoms with E-state index in [9.17, 15) is 13.2 Å². The van der Waals surface area contributed by atoms with Gasteiger partial charge in [-0.1, -0.05) is 19.9 Å². The van der Waals surface area contributed by atoms with E-state index < -0.39 is 16.4 Å². The van der Waals surface area contributed by atoms with Crippen molar-refractivity contribution in [3.63, 3.8) is 0 Å². The van der Waals surface area contributed by atoms with Crippen molar-refractivity contribution in [2.75, 3.05) is 6.61 Å². The standard InChI is InChI=1S/C10H16O4S.C5H5N/c1-9(2)7-3-4-10(9,8(11)5-7)6-14-15(12)13;1-2-4-6-5-3-1/h7,15H,3-6H2,1-2H3;1-5H. The lowest BCUT2D eigenvalue weighted by atomic mass is 9.69. The highest BCUT2D eigenvalue weighted by atomic mass is 32.2. The molecular weight excluding hydrogens is 290 g/mol. The Bertz CT molecular complexity index is 536. The van der Waals surface area contributed by atoms with Crippen LogP contribution in [0.4, 0.5) is 0 Å². The van der Waals surface area contributed by atoms with E-state index in [1.54, 1.807) is 12.4 Å². The summed E-state index contributed by atoms with van der Waals surface area (Å²) < 4.78 is 25.6. The Morgan fingerprint density at radius 2 is 1.95 bits per heavy atom. The SMILES string of the molecule is CC1(C)C2CCC1(CO[SH](=O)=O)C(=O)C2.c1ccncc1. The second-order valence-electron chi connectivity index (χ2n) is 6.19. The first-order valence-corrected chi connectivity index (χ1v) is 8.15. The fraction of sp³-hybridized carbons (Fsp3) is 0.600. The molecule has 1 heterocycles. The Morgan fingerprint density at radius 1 is 1.29 bits per heavy atom. The van der Waals surface area contributed by atoms with Crippen LogP contribution in [-0.4, -0.2) is 25.8 Å². The highest BCUT2D eigenvalue weighted by Crippen LogP contribution is 2.63. The maximum absolute atomic E-state index is 11.9. The van der Waals surface area contributed by atoms with Gasteiger partial charge < -0.3 is 0 Å². The predicted molar refractivity (Wildman–Crippen MR) is 79.1 cm³/mol. The van der Waals surface area contributed by atoms with Crippen molar-refractivity contribution in [1.29, 1.82) is 0 Å². The Hall–Kier alpha value is -1.27. The Balaban J connectivity index is 0.000000225. The van der Waals surface area contributed by atoms with Gasteiger partial charge >= 0.3 is 0 Å². The number of ketones is 1. The summed E-state index contributed by atoms with van der Waals surface area (Å²) in [5.74, 6) is 0.582. The van der Waals surface area contributed by atoms with Crippen LogP contribution in [0.2, 0.25) is 0 Å². The third-order valence-corrected chi connectivity index (χ3v) is 5.46. The average Bonchev–Trinajstić information content (AvgIpc) is 2.82. The summed E-state index contributed by atoms with van der Waals surface area (Å²) in [6.45, 7) is 4.14. The first-order chi connectivity index (χ1) is 9.90. The molecular formula is C15H21NO4S. The summed E-state index contributed by atoms with van der Waals surface area (Å²) >= 11 is 0. The number of pyridine rings is 1. The van der Waals surface area contributed by atoms with E-state index in [0.717, 1.165) is 12.8 Å². The van der Waals surface area contributed by atoms with Crippen molar-refractivity contribution in [3.8, 4) is 0 Å². The highest BCUT2D eigenvalue weighted by molar-refractivity contribution is 7.67. The lowest BCUT2D eigenvalue weighted by Gasteiger charge is -2.35. The van der Waals surface area contributed by atoms with Crippen molar-refractivity contribution in [1.82, 2.24) is 4.98 Å². The van der Waals surface area contributed by atoms with Gasteiger partial charge in [0.05, 0.1) is 12.0 Å². The molecule has 0 saturated heterocycles. The molecule has 2 aliphatic carbocycles. The van der Waals surface area contributed by atoms with Crippen LogP contribution in [-0.2, 0) is 20.0 Å². The zero-order valence-electron chi connectivity index (χ0n) is 12.3.